The lowest BCUT2D eigenvalue weighted by Crippen LogP contribution is -2.41. The number of amides is 1. The largest absolute Gasteiger partial charge is 0.412 e. The van der Waals surface area contributed by atoms with Gasteiger partial charge in [0.2, 0.25) is 0 Å². The molecule has 2 aromatic rings. The number of carbonyl (C=O) groups excluding carboxylic acids is 1. The molecule has 0 spiro atoms. The summed E-state index contributed by atoms with van der Waals surface area (Å²) in [7, 11) is 0. The van der Waals surface area contributed by atoms with Crippen molar-refractivity contribution in [2.75, 3.05) is 0 Å². The first kappa shape index (κ1) is 17.8. The summed E-state index contributed by atoms with van der Waals surface area (Å²) < 4.78 is 0. The molecule has 2 atom stereocenters. The van der Waals surface area contributed by atoms with Gasteiger partial charge in [0.05, 0.1) is 5.71 Å². The van der Waals surface area contributed by atoms with E-state index in [2.05, 4.69) is 33.5 Å². The van der Waals surface area contributed by atoms with Crippen molar-refractivity contribution in [3.8, 4) is 0 Å². The van der Waals surface area contributed by atoms with E-state index in [1.54, 1.807) is 0 Å². The van der Waals surface area contributed by atoms with Crippen LogP contribution >= 0.6 is 0 Å². The molecule has 2 aromatic carbocycles. The van der Waals surface area contributed by atoms with Crippen LogP contribution in [0.4, 0.5) is 0 Å². The maximum Gasteiger partial charge on any atom is 0.258 e. The molecule has 1 saturated heterocycles. The van der Waals surface area contributed by atoms with E-state index in [1.165, 1.54) is 5.56 Å². The van der Waals surface area contributed by atoms with E-state index in [9.17, 15) is 4.79 Å². The van der Waals surface area contributed by atoms with Gasteiger partial charge in [0.1, 0.15) is 6.04 Å². The monoisotopic (exact) mass is 326 g/mol. The average molecular weight is 326 g/mol. The van der Waals surface area contributed by atoms with E-state index in [-0.39, 0.29) is 23.5 Å². The molecule has 3 rings (SSSR count). The molecular formula is C18H22N4O2. The molecule has 6 nitrogen and oxygen atoms in total. The van der Waals surface area contributed by atoms with Crippen molar-refractivity contribution in [3.63, 3.8) is 0 Å². The zero-order chi connectivity index (χ0) is 16.1. The van der Waals surface area contributed by atoms with Crippen LogP contribution in [0, 0.1) is 0 Å². The first-order chi connectivity index (χ1) is 11.2. The van der Waals surface area contributed by atoms with Gasteiger partial charge in [-0.25, -0.2) is 16.3 Å². The summed E-state index contributed by atoms with van der Waals surface area (Å²) in [6.07, 6.45) is 0.690. The lowest BCUT2D eigenvalue weighted by atomic mass is 10.0. The Kier molecular flexibility index (Phi) is 6.20. The Bertz CT molecular complexity index is 689. The number of hydrogen-bond acceptors (Lipinski definition) is 4. The van der Waals surface area contributed by atoms with E-state index in [0.717, 1.165) is 11.3 Å². The number of nitrogens with zero attached hydrogens (tertiary/aromatic N) is 1. The summed E-state index contributed by atoms with van der Waals surface area (Å²) in [6.45, 7) is 1.88. The Morgan fingerprint density at radius 3 is 2.33 bits per heavy atom. The summed E-state index contributed by atoms with van der Waals surface area (Å²) in [5.74, 6) is -0.133. The van der Waals surface area contributed by atoms with Gasteiger partial charge in [-0.3, -0.25) is 4.79 Å². The van der Waals surface area contributed by atoms with Crippen LogP contribution in [-0.4, -0.2) is 23.1 Å². The van der Waals surface area contributed by atoms with Gasteiger partial charge < -0.3 is 5.48 Å². The molecule has 1 amide bonds. The van der Waals surface area contributed by atoms with E-state index in [1.807, 2.05) is 55.5 Å². The zero-order valence-corrected chi connectivity index (χ0v) is 13.5. The van der Waals surface area contributed by atoms with Gasteiger partial charge in [0.15, 0.2) is 0 Å². The fraction of sp³-hybridized carbons (Fsp3) is 0.222. The second-order valence-corrected chi connectivity index (χ2v) is 5.58. The molecule has 24 heavy (non-hydrogen) atoms. The number of hydrazine groups is 1. The van der Waals surface area contributed by atoms with Crippen LogP contribution in [0.1, 0.15) is 30.5 Å². The second kappa shape index (κ2) is 8.35. The fourth-order valence-electron chi connectivity index (χ4n) is 2.59. The number of hydrogen-bond donors (Lipinski definition) is 3. The van der Waals surface area contributed by atoms with Gasteiger partial charge >= 0.3 is 0 Å². The Morgan fingerprint density at radius 1 is 1.04 bits per heavy atom. The van der Waals surface area contributed by atoms with Gasteiger partial charge in [-0.1, -0.05) is 60.7 Å². The topological polar surface area (TPSA) is 97.0 Å². The molecule has 5 N–H and O–H groups in total. The van der Waals surface area contributed by atoms with Gasteiger partial charge in [-0.2, -0.15) is 5.10 Å². The third-order valence-corrected chi connectivity index (χ3v) is 3.95. The SMILES string of the molecule is C/C(=N\NC(=O)C1CC(c2ccccc2)NN1)c1ccccc1.O. The lowest BCUT2D eigenvalue weighted by molar-refractivity contribution is -0.122. The minimum atomic E-state index is -0.299. The molecule has 0 radical (unpaired) electrons. The Morgan fingerprint density at radius 2 is 1.67 bits per heavy atom. The van der Waals surface area contributed by atoms with Crippen molar-refractivity contribution < 1.29 is 10.3 Å². The third-order valence-electron chi connectivity index (χ3n) is 3.95. The van der Waals surface area contributed by atoms with Crippen molar-refractivity contribution in [3.05, 3.63) is 71.8 Å². The van der Waals surface area contributed by atoms with E-state index in [4.69, 9.17) is 0 Å². The van der Waals surface area contributed by atoms with Gasteiger partial charge in [0.25, 0.3) is 5.91 Å². The predicted molar refractivity (Wildman–Crippen MR) is 94.3 cm³/mol. The van der Waals surface area contributed by atoms with Crippen LogP contribution < -0.4 is 16.3 Å². The van der Waals surface area contributed by atoms with Crippen LogP contribution in [0.3, 0.4) is 0 Å². The fourth-order valence-corrected chi connectivity index (χ4v) is 2.59. The molecule has 126 valence electrons. The quantitative estimate of drug-likeness (QED) is 0.584. The minimum Gasteiger partial charge on any atom is -0.412 e. The molecule has 2 unspecified atom stereocenters. The highest BCUT2D eigenvalue weighted by Gasteiger charge is 2.29. The first-order valence-corrected chi connectivity index (χ1v) is 7.69. The van der Waals surface area contributed by atoms with Gasteiger partial charge in [-0.05, 0) is 24.5 Å². The van der Waals surface area contributed by atoms with E-state index >= 15 is 0 Å². The summed E-state index contributed by atoms with van der Waals surface area (Å²) in [5, 5.41) is 4.19. The summed E-state index contributed by atoms with van der Waals surface area (Å²) >= 11 is 0. The molecule has 1 heterocycles. The summed E-state index contributed by atoms with van der Waals surface area (Å²) in [4.78, 5) is 12.2. The van der Waals surface area contributed by atoms with Crippen LogP contribution in [0.25, 0.3) is 0 Å². The van der Waals surface area contributed by atoms with Crippen LogP contribution in [-0.2, 0) is 4.79 Å². The normalized spacial score (nSPS) is 20.3. The second-order valence-electron chi connectivity index (χ2n) is 5.58. The molecule has 1 fully saturated rings. The Balaban J connectivity index is 0.00000208. The summed E-state index contributed by atoms with van der Waals surface area (Å²) in [5.41, 5.74) is 11.8. The van der Waals surface area contributed by atoms with Crippen molar-refractivity contribution in [1.82, 2.24) is 16.3 Å². The molecule has 1 aliphatic rings. The number of rotatable bonds is 4. The van der Waals surface area contributed by atoms with Crippen LogP contribution in [0.2, 0.25) is 0 Å². The van der Waals surface area contributed by atoms with Crippen molar-refractivity contribution in [2.24, 2.45) is 5.10 Å². The van der Waals surface area contributed by atoms with Gasteiger partial charge in [-0.15, -0.1) is 0 Å². The maximum atomic E-state index is 12.2. The number of carbonyl (C=O) groups is 1. The Hall–Kier alpha value is -2.54. The van der Waals surface area contributed by atoms with Crippen molar-refractivity contribution in [1.29, 1.82) is 0 Å². The van der Waals surface area contributed by atoms with Crippen LogP contribution in [0.5, 0.6) is 0 Å². The number of hydrazone groups is 1. The van der Waals surface area contributed by atoms with Crippen LogP contribution in [0.15, 0.2) is 65.8 Å². The molecule has 0 aromatic heterocycles. The Labute approximate surface area is 141 Å². The minimum absolute atomic E-state index is 0. The molecular weight excluding hydrogens is 304 g/mol. The van der Waals surface area contributed by atoms with Crippen molar-refractivity contribution in [2.45, 2.75) is 25.4 Å². The molecule has 0 bridgehead atoms. The zero-order valence-electron chi connectivity index (χ0n) is 13.5. The van der Waals surface area contributed by atoms with E-state index in [0.29, 0.717) is 6.42 Å². The smallest absolute Gasteiger partial charge is 0.258 e. The molecule has 0 aliphatic carbocycles. The number of nitrogens with one attached hydrogen (secondary N) is 3. The first-order valence-electron chi connectivity index (χ1n) is 7.69. The molecule has 6 heteroatoms. The molecule has 1 aliphatic heterocycles. The number of benzene rings is 2. The average Bonchev–Trinajstić information content (AvgIpc) is 3.11. The lowest BCUT2D eigenvalue weighted by Gasteiger charge is -2.09. The highest BCUT2D eigenvalue weighted by Crippen LogP contribution is 2.21. The maximum absolute atomic E-state index is 12.2. The van der Waals surface area contributed by atoms with Gasteiger partial charge in [0, 0.05) is 6.04 Å². The third kappa shape index (κ3) is 4.26. The standard InChI is InChI=1S/C18H20N4O.H2O/c1-13(14-8-4-2-5-9-14)19-22-18(23)17-12-16(20-21-17)15-10-6-3-7-11-15;/h2-11,16-17,20-21H,12H2,1H3,(H,22,23);1H2/b19-13+;. The highest BCUT2D eigenvalue weighted by atomic mass is 16.2. The molecule has 0 saturated carbocycles. The predicted octanol–water partition coefficient (Wildman–Crippen LogP) is 1.31. The van der Waals surface area contributed by atoms with E-state index < -0.39 is 0 Å². The van der Waals surface area contributed by atoms with Crippen molar-refractivity contribution >= 4 is 11.6 Å². The highest BCUT2D eigenvalue weighted by molar-refractivity contribution is 5.99. The summed E-state index contributed by atoms with van der Waals surface area (Å²) in [6, 6.07) is 19.7.